The first-order chi connectivity index (χ1) is 11.0. The lowest BCUT2D eigenvalue weighted by molar-refractivity contribution is -0.143. The van der Waals surface area contributed by atoms with Crippen molar-refractivity contribution >= 4 is 17.9 Å². The Morgan fingerprint density at radius 3 is 2.48 bits per heavy atom. The molecular weight excluding hydrogens is 298 g/mol. The smallest absolute Gasteiger partial charge is 0.321 e. The number of rotatable bonds is 7. The van der Waals surface area contributed by atoms with Crippen molar-refractivity contribution in [3.05, 3.63) is 35.9 Å². The van der Waals surface area contributed by atoms with E-state index in [-0.39, 0.29) is 12.6 Å². The molecule has 1 aromatic rings. The number of carbonyl (C=O) groups excluding carboxylic acids is 2. The number of hydrogen-bond donors (Lipinski definition) is 3. The number of imide groups is 1. The monoisotopic (exact) mass is 319 g/mol. The molecule has 0 radical (unpaired) electrons. The van der Waals surface area contributed by atoms with Crippen molar-refractivity contribution in [2.24, 2.45) is 0 Å². The van der Waals surface area contributed by atoms with Crippen LogP contribution in [0.1, 0.15) is 25.3 Å². The van der Waals surface area contributed by atoms with Gasteiger partial charge in [-0.1, -0.05) is 30.3 Å². The molecule has 0 saturated heterocycles. The standard InChI is InChI=1S/C16H21N3O4/c1-11(15(21)22)19(13-7-8-13)10-14(20)18-16(23)17-9-12-5-3-2-4-6-12/h2-6,11,13H,7-10H2,1H3,(H,21,22)(H2,17,18,20,23). The van der Waals surface area contributed by atoms with Gasteiger partial charge in [0.05, 0.1) is 6.54 Å². The van der Waals surface area contributed by atoms with Crippen LogP contribution in [0.3, 0.4) is 0 Å². The van der Waals surface area contributed by atoms with E-state index in [4.69, 9.17) is 5.11 Å². The lowest BCUT2D eigenvalue weighted by Gasteiger charge is -2.25. The number of carboxylic acid groups (broad SMARTS) is 1. The van der Waals surface area contributed by atoms with Crippen LogP contribution >= 0.6 is 0 Å². The maximum atomic E-state index is 11.9. The first-order valence-electron chi connectivity index (χ1n) is 7.57. The number of carbonyl (C=O) groups is 3. The Balaban J connectivity index is 1.78. The molecule has 1 aliphatic rings. The predicted octanol–water partition coefficient (Wildman–Crippen LogP) is 0.950. The zero-order valence-corrected chi connectivity index (χ0v) is 13.0. The van der Waals surface area contributed by atoms with Crippen LogP contribution in [-0.2, 0) is 16.1 Å². The summed E-state index contributed by atoms with van der Waals surface area (Å²) in [5.74, 6) is -1.48. The average molecular weight is 319 g/mol. The van der Waals surface area contributed by atoms with Crippen LogP contribution in [0.25, 0.3) is 0 Å². The van der Waals surface area contributed by atoms with Crippen LogP contribution in [0.5, 0.6) is 0 Å². The predicted molar refractivity (Wildman–Crippen MR) is 83.6 cm³/mol. The van der Waals surface area contributed by atoms with Crippen molar-refractivity contribution in [3.8, 4) is 0 Å². The molecule has 7 heteroatoms. The molecular formula is C16H21N3O4. The molecule has 1 fully saturated rings. The van der Waals surface area contributed by atoms with Crippen LogP contribution in [0, 0.1) is 0 Å². The molecule has 0 spiro atoms. The second-order valence-electron chi connectivity index (χ2n) is 5.63. The summed E-state index contributed by atoms with van der Waals surface area (Å²) in [6.07, 6.45) is 1.76. The van der Waals surface area contributed by atoms with Gasteiger partial charge in [-0.25, -0.2) is 4.79 Å². The third-order valence-electron chi connectivity index (χ3n) is 3.75. The largest absolute Gasteiger partial charge is 0.480 e. The van der Waals surface area contributed by atoms with Crippen molar-refractivity contribution < 1.29 is 19.5 Å². The fourth-order valence-corrected chi connectivity index (χ4v) is 2.28. The molecule has 7 nitrogen and oxygen atoms in total. The van der Waals surface area contributed by atoms with Crippen molar-refractivity contribution in [1.82, 2.24) is 15.5 Å². The Kier molecular flexibility index (Phi) is 5.70. The fourth-order valence-electron chi connectivity index (χ4n) is 2.28. The highest BCUT2D eigenvalue weighted by Gasteiger charge is 2.36. The number of urea groups is 1. The summed E-state index contributed by atoms with van der Waals surface area (Å²) in [4.78, 5) is 36.3. The second-order valence-corrected chi connectivity index (χ2v) is 5.63. The van der Waals surface area contributed by atoms with Gasteiger partial charge in [0.15, 0.2) is 0 Å². The molecule has 1 unspecified atom stereocenters. The molecule has 1 saturated carbocycles. The van der Waals surface area contributed by atoms with Crippen molar-refractivity contribution in [1.29, 1.82) is 0 Å². The van der Waals surface area contributed by atoms with Gasteiger partial charge in [0.2, 0.25) is 5.91 Å². The van der Waals surface area contributed by atoms with Gasteiger partial charge in [-0.15, -0.1) is 0 Å². The van der Waals surface area contributed by atoms with E-state index in [0.717, 1.165) is 18.4 Å². The molecule has 0 bridgehead atoms. The van der Waals surface area contributed by atoms with Gasteiger partial charge in [-0.2, -0.15) is 0 Å². The lowest BCUT2D eigenvalue weighted by atomic mass is 10.2. The average Bonchev–Trinajstić information content (AvgIpc) is 3.35. The van der Waals surface area contributed by atoms with Crippen LogP contribution in [0.2, 0.25) is 0 Å². The van der Waals surface area contributed by atoms with E-state index >= 15 is 0 Å². The molecule has 23 heavy (non-hydrogen) atoms. The molecule has 3 amide bonds. The molecule has 0 heterocycles. The maximum Gasteiger partial charge on any atom is 0.321 e. The van der Waals surface area contributed by atoms with E-state index in [9.17, 15) is 14.4 Å². The quantitative estimate of drug-likeness (QED) is 0.695. The molecule has 124 valence electrons. The third kappa shape index (κ3) is 5.37. The highest BCUT2D eigenvalue weighted by Crippen LogP contribution is 2.28. The summed E-state index contributed by atoms with van der Waals surface area (Å²) in [6, 6.07) is 8.11. The summed E-state index contributed by atoms with van der Waals surface area (Å²) in [6.45, 7) is 1.76. The maximum absolute atomic E-state index is 11.9. The minimum atomic E-state index is -0.974. The summed E-state index contributed by atoms with van der Waals surface area (Å²) in [5.41, 5.74) is 0.925. The SMILES string of the molecule is CC(C(=O)O)N(CC(=O)NC(=O)NCc1ccccc1)C1CC1. The normalized spacial score (nSPS) is 15.0. The van der Waals surface area contributed by atoms with E-state index in [2.05, 4.69) is 10.6 Å². The number of hydrogen-bond acceptors (Lipinski definition) is 4. The molecule has 3 N–H and O–H groups in total. The Hall–Kier alpha value is -2.41. The first-order valence-corrected chi connectivity index (χ1v) is 7.57. The van der Waals surface area contributed by atoms with E-state index in [1.165, 1.54) is 0 Å². The molecule has 1 aliphatic carbocycles. The van der Waals surface area contributed by atoms with Gasteiger partial charge in [0, 0.05) is 12.6 Å². The first kappa shape index (κ1) is 17.0. The zero-order chi connectivity index (χ0) is 16.8. The molecule has 1 aromatic carbocycles. The lowest BCUT2D eigenvalue weighted by Crippen LogP contribution is -2.49. The fraction of sp³-hybridized carbons (Fsp3) is 0.438. The van der Waals surface area contributed by atoms with E-state index in [1.807, 2.05) is 30.3 Å². The molecule has 2 rings (SSSR count). The van der Waals surface area contributed by atoms with Crippen molar-refractivity contribution in [3.63, 3.8) is 0 Å². The number of nitrogens with zero attached hydrogens (tertiary/aromatic N) is 1. The minimum Gasteiger partial charge on any atom is -0.480 e. The molecule has 1 atom stereocenters. The Labute approximate surface area is 134 Å². The number of benzene rings is 1. The highest BCUT2D eigenvalue weighted by atomic mass is 16.4. The van der Waals surface area contributed by atoms with Gasteiger partial charge in [-0.3, -0.25) is 19.8 Å². The topological polar surface area (TPSA) is 98.7 Å². The van der Waals surface area contributed by atoms with Crippen molar-refractivity contribution in [2.45, 2.75) is 38.4 Å². The van der Waals surface area contributed by atoms with Crippen molar-refractivity contribution in [2.75, 3.05) is 6.54 Å². The van der Waals surface area contributed by atoms with Gasteiger partial charge in [0.1, 0.15) is 6.04 Å². The van der Waals surface area contributed by atoms with Gasteiger partial charge < -0.3 is 10.4 Å². The number of carboxylic acids is 1. The summed E-state index contributed by atoms with van der Waals surface area (Å²) < 4.78 is 0. The molecule has 0 aliphatic heterocycles. The van der Waals surface area contributed by atoms with Gasteiger partial charge in [-0.05, 0) is 25.3 Å². The third-order valence-corrected chi connectivity index (χ3v) is 3.75. The Morgan fingerprint density at radius 1 is 1.26 bits per heavy atom. The number of aliphatic carboxylic acids is 1. The summed E-state index contributed by atoms with van der Waals surface area (Å²) in [7, 11) is 0. The Bertz CT molecular complexity index is 572. The zero-order valence-electron chi connectivity index (χ0n) is 13.0. The van der Waals surface area contributed by atoms with E-state index < -0.39 is 23.9 Å². The summed E-state index contributed by atoms with van der Waals surface area (Å²) in [5, 5.41) is 13.9. The van der Waals surface area contributed by atoms with Crippen LogP contribution in [0.4, 0.5) is 4.79 Å². The highest BCUT2D eigenvalue weighted by molar-refractivity contribution is 5.95. The second kappa shape index (κ2) is 7.73. The Morgan fingerprint density at radius 2 is 1.91 bits per heavy atom. The minimum absolute atomic E-state index is 0.100. The van der Waals surface area contributed by atoms with Crippen LogP contribution in [-0.4, -0.2) is 46.5 Å². The summed E-state index contributed by atoms with van der Waals surface area (Å²) >= 11 is 0. The van der Waals surface area contributed by atoms with Gasteiger partial charge >= 0.3 is 12.0 Å². The van der Waals surface area contributed by atoms with Gasteiger partial charge in [0.25, 0.3) is 0 Å². The number of nitrogens with one attached hydrogen (secondary N) is 2. The van der Waals surface area contributed by atoms with Crippen LogP contribution in [0.15, 0.2) is 30.3 Å². The molecule has 0 aromatic heterocycles. The van der Waals surface area contributed by atoms with Crippen LogP contribution < -0.4 is 10.6 Å². The van der Waals surface area contributed by atoms with E-state index in [0.29, 0.717) is 6.54 Å². The number of amides is 3. The van der Waals surface area contributed by atoms with E-state index in [1.54, 1.807) is 11.8 Å².